The molecule has 2 atom stereocenters. The molecule has 3 heterocycles. The quantitative estimate of drug-likeness (QED) is 0.749. The Hall–Kier alpha value is -1.88. The number of carbonyl (C=O) groups is 2. The number of carbonyl (C=O) groups excluding carboxylic acids is 2. The largest absolute Gasteiger partial charge is 0.338 e. The highest BCUT2D eigenvalue weighted by Gasteiger charge is 2.48. The average Bonchev–Trinajstić information content (AvgIpc) is 3.38. The van der Waals surface area contributed by atoms with Gasteiger partial charge in [-0.3, -0.25) is 14.5 Å². The maximum Gasteiger partial charge on any atom is 0.254 e. The van der Waals surface area contributed by atoms with Crippen molar-refractivity contribution < 1.29 is 9.59 Å². The number of hydrogen-bond acceptors (Lipinski definition) is 3. The summed E-state index contributed by atoms with van der Waals surface area (Å²) < 4.78 is 0. The number of hydrogen-bond donors (Lipinski definition) is 0. The van der Waals surface area contributed by atoms with Crippen molar-refractivity contribution in [3.05, 3.63) is 34.9 Å². The highest BCUT2D eigenvalue weighted by Crippen LogP contribution is 2.38. The molecule has 0 unspecified atom stereocenters. The fourth-order valence-electron chi connectivity index (χ4n) is 6.76. The van der Waals surface area contributed by atoms with Crippen molar-refractivity contribution in [3.63, 3.8) is 0 Å². The van der Waals surface area contributed by atoms with Crippen molar-refractivity contribution in [2.24, 2.45) is 5.92 Å². The molecule has 0 N–H and O–H groups in total. The standard InChI is InChI=1S/C26H35N3O2/c30-25(18-5-2-1-3-6-18)27-12-11-19-13-20(9-10-21(19)15-27)26(31)29-17-23-14-24(29)16-28(23)22-7-4-8-22/h9-10,13,18,22-24H,1-8,11-12,14-17H2/t23-,24-/m0/s1. The lowest BCUT2D eigenvalue weighted by molar-refractivity contribution is -0.137. The summed E-state index contributed by atoms with van der Waals surface area (Å²) in [6.45, 7) is 3.49. The van der Waals surface area contributed by atoms with Crippen molar-refractivity contribution in [1.29, 1.82) is 0 Å². The van der Waals surface area contributed by atoms with Crippen LogP contribution in [0.4, 0.5) is 0 Å². The van der Waals surface area contributed by atoms with Gasteiger partial charge in [-0.25, -0.2) is 0 Å². The van der Waals surface area contributed by atoms with Gasteiger partial charge in [-0.05, 0) is 61.8 Å². The number of nitrogens with zero attached hydrogens (tertiary/aromatic N) is 3. The van der Waals surface area contributed by atoms with E-state index in [0.29, 0.717) is 24.5 Å². The summed E-state index contributed by atoms with van der Waals surface area (Å²) in [7, 11) is 0. The average molecular weight is 422 g/mol. The highest BCUT2D eigenvalue weighted by atomic mass is 16.2. The van der Waals surface area contributed by atoms with Crippen LogP contribution in [-0.2, 0) is 17.8 Å². The lowest BCUT2D eigenvalue weighted by atomic mass is 9.87. The van der Waals surface area contributed by atoms with E-state index in [-0.39, 0.29) is 11.8 Å². The van der Waals surface area contributed by atoms with Crippen LogP contribution in [0.3, 0.4) is 0 Å². The summed E-state index contributed by atoms with van der Waals surface area (Å²) in [4.78, 5) is 33.1. The van der Waals surface area contributed by atoms with Gasteiger partial charge in [0.05, 0.1) is 0 Å². The monoisotopic (exact) mass is 421 g/mol. The first-order valence-electron chi connectivity index (χ1n) is 12.6. The van der Waals surface area contributed by atoms with E-state index in [0.717, 1.165) is 56.9 Å². The van der Waals surface area contributed by atoms with E-state index in [9.17, 15) is 9.59 Å². The zero-order valence-corrected chi connectivity index (χ0v) is 18.6. The van der Waals surface area contributed by atoms with Crippen molar-refractivity contribution in [3.8, 4) is 0 Å². The fraction of sp³-hybridized carbons (Fsp3) is 0.692. The third kappa shape index (κ3) is 3.49. The molecule has 5 aliphatic rings. The molecular formula is C26H35N3O2. The van der Waals surface area contributed by atoms with Gasteiger partial charge in [0.1, 0.15) is 0 Å². The van der Waals surface area contributed by atoms with Gasteiger partial charge in [0.25, 0.3) is 5.91 Å². The van der Waals surface area contributed by atoms with E-state index < -0.39 is 0 Å². The second-order valence-electron chi connectivity index (χ2n) is 10.6. The Balaban J connectivity index is 1.11. The predicted octanol–water partition coefficient (Wildman–Crippen LogP) is 3.60. The van der Waals surface area contributed by atoms with Gasteiger partial charge >= 0.3 is 0 Å². The molecule has 2 bridgehead atoms. The van der Waals surface area contributed by atoms with Crippen molar-refractivity contribution in [2.75, 3.05) is 19.6 Å². The van der Waals surface area contributed by atoms with Gasteiger partial charge in [-0.2, -0.15) is 0 Å². The zero-order chi connectivity index (χ0) is 20.9. The summed E-state index contributed by atoms with van der Waals surface area (Å²) >= 11 is 0. The molecule has 0 radical (unpaired) electrons. The maximum absolute atomic E-state index is 13.3. The number of benzene rings is 1. The third-order valence-corrected chi connectivity index (χ3v) is 8.82. The van der Waals surface area contributed by atoms with Crippen LogP contribution in [0.1, 0.15) is 79.3 Å². The fourth-order valence-corrected chi connectivity index (χ4v) is 6.76. The summed E-state index contributed by atoms with van der Waals surface area (Å²) in [5.74, 6) is 0.806. The van der Waals surface area contributed by atoms with E-state index in [4.69, 9.17) is 0 Å². The Kier molecular flexibility index (Phi) is 5.05. The van der Waals surface area contributed by atoms with Crippen LogP contribution in [0.25, 0.3) is 0 Å². The molecule has 31 heavy (non-hydrogen) atoms. The second kappa shape index (κ2) is 7.91. The number of fused-ring (bicyclic) bond motifs is 3. The summed E-state index contributed by atoms with van der Waals surface area (Å²) in [5, 5.41) is 0. The Morgan fingerprint density at radius 2 is 1.68 bits per heavy atom. The first-order valence-corrected chi connectivity index (χ1v) is 12.6. The summed E-state index contributed by atoms with van der Waals surface area (Å²) in [5.41, 5.74) is 3.33. The molecule has 5 heteroatoms. The molecular weight excluding hydrogens is 386 g/mol. The van der Waals surface area contributed by atoms with Crippen LogP contribution in [0.2, 0.25) is 0 Å². The molecule has 166 valence electrons. The lowest BCUT2D eigenvalue weighted by Gasteiger charge is -2.42. The molecule has 0 spiro atoms. The van der Waals surface area contributed by atoms with E-state index in [1.807, 2.05) is 6.07 Å². The minimum atomic E-state index is 0.212. The van der Waals surface area contributed by atoms with Crippen LogP contribution in [0, 0.1) is 5.92 Å². The summed E-state index contributed by atoms with van der Waals surface area (Å²) in [6, 6.07) is 8.00. The minimum absolute atomic E-state index is 0.212. The van der Waals surface area contributed by atoms with E-state index in [1.165, 1.54) is 49.7 Å². The minimum Gasteiger partial charge on any atom is -0.338 e. The van der Waals surface area contributed by atoms with Crippen LogP contribution in [0.15, 0.2) is 18.2 Å². The van der Waals surface area contributed by atoms with Crippen LogP contribution in [-0.4, -0.2) is 64.3 Å². The van der Waals surface area contributed by atoms with Gasteiger partial charge in [-0.15, -0.1) is 0 Å². The van der Waals surface area contributed by atoms with Gasteiger partial charge < -0.3 is 9.80 Å². The number of amides is 2. The van der Waals surface area contributed by atoms with Gasteiger partial charge in [0.15, 0.2) is 0 Å². The number of rotatable bonds is 3. The first kappa shape index (κ1) is 19.8. The van der Waals surface area contributed by atoms with Gasteiger partial charge in [0, 0.05) is 55.8 Å². The molecule has 5 nitrogen and oxygen atoms in total. The molecule has 2 saturated heterocycles. The van der Waals surface area contributed by atoms with E-state index >= 15 is 0 Å². The smallest absolute Gasteiger partial charge is 0.254 e. The van der Waals surface area contributed by atoms with Crippen LogP contribution in [0.5, 0.6) is 0 Å². The van der Waals surface area contributed by atoms with Gasteiger partial charge in [-0.1, -0.05) is 31.7 Å². The molecule has 4 fully saturated rings. The van der Waals surface area contributed by atoms with Crippen molar-refractivity contribution in [1.82, 2.24) is 14.7 Å². The Morgan fingerprint density at radius 3 is 2.39 bits per heavy atom. The predicted molar refractivity (Wildman–Crippen MR) is 120 cm³/mol. The van der Waals surface area contributed by atoms with Crippen molar-refractivity contribution in [2.45, 2.75) is 88.9 Å². The topological polar surface area (TPSA) is 43.9 Å². The molecule has 2 saturated carbocycles. The zero-order valence-electron chi connectivity index (χ0n) is 18.6. The number of likely N-dealkylation sites (tertiary alicyclic amines) is 2. The van der Waals surface area contributed by atoms with Crippen LogP contribution < -0.4 is 0 Å². The third-order valence-electron chi connectivity index (χ3n) is 8.82. The molecule has 2 amide bonds. The SMILES string of the molecule is O=C(C1CCCCC1)N1CCc2cc(C(=O)N3C[C@@H]4C[C@H]3CN4C3CCC3)ccc2C1. The maximum atomic E-state index is 13.3. The van der Waals surface area contributed by atoms with E-state index in [2.05, 4.69) is 26.8 Å². The van der Waals surface area contributed by atoms with E-state index in [1.54, 1.807) is 0 Å². The van der Waals surface area contributed by atoms with Crippen molar-refractivity contribution >= 4 is 11.8 Å². The highest BCUT2D eigenvalue weighted by molar-refractivity contribution is 5.95. The molecule has 1 aromatic rings. The molecule has 1 aromatic carbocycles. The van der Waals surface area contributed by atoms with Crippen LogP contribution >= 0.6 is 0 Å². The number of piperazine rings is 1. The Morgan fingerprint density at radius 1 is 0.839 bits per heavy atom. The normalized spacial score (nSPS) is 29.2. The molecule has 6 rings (SSSR count). The molecule has 2 aliphatic carbocycles. The first-order chi connectivity index (χ1) is 15.2. The summed E-state index contributed by atoms with van der Waals surface area (Å²) in [6.07, 6.45) is 11.9. The lowest BCUT2D eigenvalue weighted by Crippen LogP contribution is -2.53. The second-order valence-corrected chi connectivity index (χ2v) is 10.6. The molecule has 0 aromatic heterocycles. The van der Waals surface area contributed by atoms with Gasteiger partial charge in [0.2, 0.25) is 5.91 Å². The Bertz CT molecular complexity index is 873. The Labute approximate surface area is 185 Å². The molecule has 3 aliphatic heterocycles.